The molecule has 0 aliphatic heterocycles. The quantitative estimate of drug-likeness (QED) is 0.245. The maximum absolute atomic E-state index is 13.7. The Morgan fingerprint density at radius 2 is 1.50 bits per heavy atom. The topological polar surface area (TPSA) is 92.6 Å². The van der Waals surface area contributed by atoms with Crippen LogP contribution in [0.4, 0.5) is 5.69 Å². The Balaban J connectivity index is 1.52. The minimum atomic E-state index is -0.634. The number of nitro groups is 1. The van der Waals surface area contributed by atoms with Crippen molar-refractivity contribution in [3.8, 4) is 0 Å². The molecule has 198 valence electrons. The average Bonchev–Trinajstić information content (AvgIpc) is 3.45. The van der Waals surface area contributed by atoms with E-state index in [0.29, 0.717) is 18.7 Å². The van der Waals surface area contributed by atoms with Gasteiger partial charge in [-0.3, -0.25) is 19.7 Å². The lowest BCUT2D eigenvalue weighted by Gasteiger charge is -2.32. The fourth-order valence-electron chi connectivity index (χ4n) is 4.75. The third-order valence-electron chi connectivity index (χ3n) is 6.81. The van der Waals surface area contributed by atoms with Crippen molar-refractivity contribution in [2.45, 2.75) is 56.5 Å². The zero-order valence-electron chi connectivity index (χ0n) is 21.3. The minimum absolute atomic E-state index is 0.0425. The fourth-order valence-corrected chi connectivity index (χ4v) is 5.63. The maximum Gasteiger partial charge on any atom is 0.269 e. The predicted molar refractivity (Wildman–Crippen MR) is 151 cm³/mol. The van der Waals surface area contributed by atoms with Gasteiger partial charge in [-0.25, -0.2) is 0 Å². The lowest BCUT2D eigenvalue weighted by Crippen LogP contribution is -2.52. The van der Waals surface area contributed by atoms with Crippen LogP contribution in [0.3, 0.4) is 0 Å². The van der Waals surface area contributed by atoms with Gasteiger partial charge in [-0.15, -0.1) is 11.8 Å². The number of thioether (sulfide) groups is 1. The molecule has 1 atom stereocenters. The van der Waals surface area contributed by atoms with Gasteiger partial charge in [0.2, 0.25) is 11.8 Å². The predicted octanol–water partition coefficient (Wildman–Crippen LogP) is 5.53. The van der Waals surface area contributed by atoms with Gasteiger partial charge in [-0.05, 0) is 29.5 Å². The van der Waals surface area contributed by atoms with Crippen LogP contribution in [-0.2, 0) is 28.3 Å². The van der Waals surface area contributed by atoms with E-state index in [1.165, 1.54) is 23.9 Å². The van der Waals surface area contributed by atoms with Crippen molar-refractivity contribution >= 4 is 29.3 Å². The largest absolute Gasteiger partial charge is 0.352 e. The molecular weight excluding hydrogens is 498 g/mol. The molecule has 3 aromatic rings. The van der Waals surface area contributed by atoms with E-state index < -0.39 is 11.0 Å². The van der Waals surface area contributed by atoms with Gasteiger partial charge >= 0.3 is 0 Å². The van der Waals surface area contributed by atoms with Crippen molar-refractivity contribution < 1.29 is 14.5 Å². The van der Waals surface area contributed by atoms with Crippen LogP contribution in [-0.4, -0.2) is 39.5 Å². The summed E-state index contributed by atoms with van der Waals surface area (Å²) in [6, 6.07) is 25.5. The molecule has 1 saturated carbocycles. The van der Waals surface area contributed by atoms with E-state index in [-0.39, 0.29) is 29.3 Å². The molecule has 0 heterocycles. The van der Waals surface area contributed by atoms with Gasteiger partial charge in [-0.2, -0.15) is 0 Å². The summed E-state index contributed by atoms with van der Waals surface area (Å²) >= 11 is 1.44. The molecule has 0 aromatic heterocycles. The first kappa shape index (κ1) is 27.4. The minimum Gasteiger partial charge on any atom is -0.352 e. The number of nitro benzene ring substituents is 1. The van der Waals surface area contributed by atoms with E-state index in [4.69, 9.17) is 0 Å². The van der Waals surface area contributed by atoms with Gasteiger partial charge < -0.3 is 10.2 Å². The van der Waals surface area contributed by atoms with Crippen LogP contribution in [0.2, 0.25) is 0 Å². The fraction of sp³-hybridized carbons (Fsp3) is 0.333. The van der Waals surface area contributed by atoms with Crippen molar-refractivity contribution in [2.24, 2.45) is 0 Å². The Morgan fingerprint density at radius 3 is 2.11 bits per heavy atom. The second kappa shape index (κ2) is 13.8. The summed E-state index contributed by atoms with van der Waals surface area (Å²) < 4.78 is 0. The number of nitrogens with one attached hydrogen (secondary N) is 1. The maximum atomic E-state index is 13.7. The Morgan fingerprint density at radius 1 is 0.895 bits per heavy atom. The van der Waals surface area contributed by atoms with Crippen LogP contribution in [0, 0.1) is 10.1 Å². The molecule has 1 fully saturated rings. The highest BCUT2D eigenvalue weighted by molar-refractivity contribution is 7.99. The molecule has 0 saturated heterocycles. The van der Waals surface area contributed by atoms with Crippen LogP contribution in [0.15, 0.2) is 84.9 Å². The molecule has 1 N–H and O–H groups in total. The first-order valence-corrected chi connectivity index (χ1v) is 14.1. The highest BCUT2D eigenvalue weighted by Gasteiger charge is 2.32. The first-order chi connectivity index (χ1) is 18.5. The van der Waals surface area contributed by atoms with Crippen molar-refractivity contribution in [2.75, 3.05) is 5.75 Å². The molecule has 1 aliphatic carbocycles. The van der Waals surface area contributed by atoms with Gasteiger partial charge in [0.05, 0.1) is 10.7 Å². The van der Waals surface area contributed by atoms with E-state index >= 15 is 0 Å². The lowest BCUT2D eigenvalue weighted by atomic mass is 10.0. The van der Waals surface area contributed by atoms with Crippen molar-refractivity contribution in [3.05, 3.63) is 112 Å². The smallest absolute Gasteiger partial charge is 0.269 e. The number of non-ortho nitro benzene ring substituents is 1. The number of carbonyl (C=O) groups excluding carboxylic acids is 2. The molecule has 0 unspecified atom stereocenters. The van der Waals surface area contributed by atoms with E-state index in [2.05, 4.69) is 5.32 Å². The van der Waals surface area contributed by atoms with Crippen LogP contribution in [0.5, 0.6) is 0 Å². The Kier molecular flexibility index (Phi) is 9.92. The normalized spacial score (nSPS) is 14.1. The number of hydrogen-bond acceptors (Lipinski definition) is 5. The molecule has 3 aromatic carbocycles. The van der Waals surface area contributed by atoms with Gasteiger partial charge in [0.1, 0.15) is 6.04 Å². The van der Waals surface area contributed by atoms with E-state index in [1.807, 2.05) is 60.7 Å². The number of benzene rings is 3. The molecule has 7 nitrogen and oxygen atoms in total. The number of amides is 2. The number of hydrogen-bond donors (Lipinski definition) is 1. The third kappa shape index (κ3) is 7.92. The first-order valence-electron chi connectivity index (χ1n) is 13.0. The number of nitrogens with zero attached hydrogens (tertiary/aromatic N) is 2. The Bertz CT molecular complexity index is 1200. The van der Waals surface area contributed by atoms with Crippen molar-refractivity contribution in [1.29, 1.82) is 0 Å². The second-order valence-electron chi connectivity index (χ2n) is 9.62. The Labute approximate surface area is 227 Å². The molecule has 0 radical (unpaired) electrons. The van der Waals surface area contributed by atoms with E-state index in [0.717, 1.165) is 42.4 Å². The standard InChI is InChI=1S/C30H33N3O4S/c34-29(22-38-21-25-15-17-27(18-16-25)33(36)37)32(20-24-11-5-2-6-12-24)28(19-23-9-3-1-4-10-23)30(35)31-26-13-7-8-14-26/h1-6,9-12,15-18,26,28H,7-8,13-14,19-22H2,(H,31,35)/t28-/m1/s1. The van der Waals surface area contributed by atoms with Gasteiger partial charge in [0.25, 0.3) is 5.69 Å². The van der Waals surface area contributed by atoms with Crippen LogP contribution >= 0.6 is 11.8 Å². The highest BCUT2D eigenvalue weighted by Crippen LogP contribution is 2.22. The SMILES string of the molecule is O=C(NC1CCCC1)[C@@H](Cc1ccccc1)N(Cc1ccccc1)C(=O)CSCc1ccc([N+](=O)[O-])cc1. The summed E-state index contributed by atoms with van der Waals surface area (Å²) in [4.78, 5) is 39.6. The van der Waals surface area contributed by atoms with Gasteiger partial charge in [0.15, 0.2) is 0 Å². The van der Waals surface area contributed by atoms with Gasteiger partial charge in [0, 0.05) is 36.9 Å². The molecule has 1 aliphatic rings. The summed E-state index contributed by atoms with van der Waals surface area (Å²) in [6.07, 6.45) is 4.61. The number of rotatable bonds is 12. The third-order valence-corrected chi connectivity index (χ3v) is 7.80. The summed E-state index contributed by atoms with van der Waals surface area (Å²) in [7, 11) is 0. The summed E-state index contributed by atoms with van der Waals surface area (Å²) in [6.45, 7) is 0.341. The highest BCUT2D eigenvalue weighted by atomic mass is 32.2. The number of carbonyl (C=O) groups is 2. The second-order valence-corrected chi connectivity index (χ2v) is 10.6. The Hall–Kier alpha value is -3.65. The van der Waals surface area contributed by atoms with Gasteiger partial charge in [-0.1, -0.05) is 85.6 Å². The van der Waals surface area contributed by atoms with E-state index in [1.54, 1.807) is 17.0 Å². The summed E-state index contributed by atoms with van der Waals surface area (Å²) in [5.41, 5.74) is 2.92. The molecule has 0 bridgehead atoms. The molecule has 4 rings (SSSR count). The van der Waals surface area contributed by atoms with Crippen molar-refractivity contribution in [1.82, 2.24) is 10.2 Å². The monoisotopic (exact) mass is 531 g/mol. The van der Waals surface area contributed by atoms with Crippen LogP contribution < -0.4 is 5.32 Å². The lowest BCUT2D eigenvalue weighted by molar-refractivity contribution is -0.384. The van der Waals surface area contributed by atoms with Crippen molar-refractivity contribution in [3.63, 3.8) is 0 Å². The molecule has 38 heavy (non-hydrogen) atoms. The molecule has 8 heteroatoms. The average molecular weight is 532 g/mol. The zero-order valence-corrected chi connectivity index (χ0v) is 22.1. The zero-order chi connectivity index (χ0) is 26.7. The molecular formula is C30H33N3O4S. The van der Waals surface area contributed by atoms with Crippen LogP contribution in [0.25, 0.3) is 0 Å². The van der Waals surface area contributed by atoms with Crippen LogP contribution in [0.1, 0.15) is 42.4 Å². The summed E-state index contributed by atoms with van der Waals surface area (Å²) in [5.74, 6) is 0.528. The molecule has 2 amide bonds. The van der Waals surface area contributed by atoms with E-state index in [9.17, 15) is 19.7 Å². The summed E-state index contributed by atoms with van der Waals surface area (Å²) in [5, 5.41) is 14.1. The molecule has 0 spiro atoms.